The van der Waals surface area contributed by atoms with Crippen LogP contribution >= 0.6 is 15.9 Å². The van der Waals surface area contributed by atoms with Gasteiger partial charge in [0.2, 0.25) is 0 Å². The van der Waals surface area contributed by atoms with Crippen LogP contribution in [0.3, 0.4) is 0 Å². The van der Waals surface area contributed by atoms with E-state index in [1.807, 2.05) is 13.8 Å². The van der Waals surface area contributed by atoms with E-state index in [2.05, 4.69) is 15.9 Å². The molecule has 0 heterocycles. The van der Waals surface area contributed by atoms with Crippen molar-refractivity contribution in [2.45, 2.75) is 25.7 Å². The number of aliphatic carboxylic acids is 1. The maximum absolute atomic E-state index is 11.0. The lowest BCUT2D eigenvalue weighted by molar-refractivity contribution is -0.138. The van der Waals surface area contributed by atoms with Crippen LogP contribution < -0.4 is 14.2 Å². The van der Waals surface area contributed by atoms with Crippen molar-refractivity contribution in [3.05, 3.63) is 16.1 Å². The fourth-order valence-corrected chi connectivity index (χ4v) is 2.84. The van der Waals surface area contributed by atoms with Gasteiger partial charge in [0.25, 0.3) is 0 Å². The summed E-state index contributed by atoms with van der Waals surface area (Å²) < 4.78 is 16.6. The Labute approximate surface area is 127 Å². The van der Waals surface area contributed by atoms with Gasteiger partial charge in [0.1, 0.15) is 10.2 Å². The molecule has 0 bridgehead atoms. The molecule has 1 N–H and O–H groups in total. The van der Waals surface area contributed by atoms with Crippen LogP contribution in [0.25, 0.3) is 0 Å². The quantitative estimate of drug-likeness (QED) is 0.856. The zero-order valence-corrected chi connectivity index (χ0v) is 13.8. The topological polar surface area (TPSA) is 65.0 Å². The zero-order chi connectivity index (χ0) is 15.5. The normalized spacial score (nSPS) is 11.1. The Balaban J connectivity index is 3.53. The highest BCUT2D eigenvalue weighted by Crippen LogP contribution is 2.48. The van der Waals surface area contributed by atoms with E-state index < -0.39 is 11.4 Å². The molecule has 0 saturated carbocycles. The van der Waals surface area contributed by atoms with Crippen LogP contribution in [0.1, 0.15) is 25.8 Å². The van der Waals surface area contributed by atoms with E-state index in [-0.39, 0.29) is 6.42 Å². The molecular weight excluding hydrogens is 328 g/mol. The number of carboxylic acids is 1. The first-order valence-electron chi connectivity index (χ1n) is 5.99. The fourth-order valence-electron chi connectivity index (χ4n) is 2.11. The van der Waals surface area contributed by atoms with Crippen LogP contribution in [0.15, 0.2) is 10.5 Å². The predicted molar refractivity (Wildman–Crippen MR) is 79.1 cm³/mol. The molecule has 112 valence electrons. The Hall–Kier alpha value is -1.43. The summed E-state index contributed by atoms with van der Waals surface area (Å²) in [5, 5.41) is 9.06. The number of carboxylic acid groups (broad SMARTS) is 1. The Morgan fingerprint density at radius 1 is 1.20 bits per heavy atom. The number of hydrogen-bond donors (Lipinski definition) is 1. The van der Waals surface area contributed by atoms with E-state index in [9.17, 15) is 4.79 Å². The van der Waals surface area contributed by atoms with Gasteiger partial charge < -0.3 is 19.3 Å². The molecule has 6 heteroatoms. The van der Waals surface area contributed by atoms with Crippen LogP contribution in [0, 0.1) is 0 Å². The molecule has 0 aliphatic rings. The van der Waals surface area contributed by atoms with Gasteiger partial charge in [-0.25, -0.2) is 0 Å². The van der Waals surface area contributed by atoms with Crippen molar-refractivity contribution < 1.29 is 24.1 Å². The summed E-state index contributed by atoms with van der Waals surface area (Å²) in [6.07, 6.45) is -0.0225. The maximum atomic E-state index is 11.0. The molecule has 1 aromatic rings. The molecule has 1 rings (SSSR count). The molecule has 5 nitrogen and oxygen atoms in total. The second kappa shape index (κ2) is 6.35. The Kier molecular flexibility index (Phi) is 5.28. The monoisotopic (exact) mass is 346 g/mol. The second-order valence-electron chi connectivity index (χ2n) is 4.96. The van der Waals surface area contributed by atoms with Crippen molar-refractivity contribution in [3.63, 3.8) is 0 Å². The summed E-state index contributed by atoms with van der Waals surface area (Å²) in [5.41, 5.74) is 0.131. The summed E-state index contributed by atoms with van der Waals surface area (Å²) in [6.45, 7) is 3.69. The molecule has 0 aliphatic heterocycles. The SMILES string of the molecule is COc1cc(C(C)(C)CC(=O)O)c(OC)c(Br)c1OC. The summed E-state index contributed by atoms with van der Waals surface area (Å²) in [7, 11) is 4.60. The first-order valence-corrected chi connectivity index (χ1v) is 6.78. The summed E-state index contributed by atoms with van der Waals surface area (Å²) >= 11 is 3.43. The molecule has 1 aromatic carbocycles. The lowest BCUT2D eigenvalue weighted by Crippen LogP contribution is -2.23. The minimum Gasteiger partial charge on any atom is -0.495 e. The molecule has 0 amide bonds. The third-order valence-corrected chi connectivity index (χ3v) is 3.81. The minimum absolute atomic E-state index is 0.0225. The maximum Gasteiger partial charge on any atom is 0.304 e. The lowest BCUT2D eigenvalue weighted by atomic mass is 9.81. The average molecular weight is 347 g/mol. The summed E-state index contributed by atoms with van der Waals surface area (Å²) in [4.78, 5) is 11.0. The first kappa shape index (κ1) is 16.6. The molecule has 0 unspecified atom stereocenters. The standard InChI is InChI=1S/C14H19BrO5/c1-14(2,7-10(16)17)8-6-9(18-3)13(20-5)11(15)12(8)19-4/h6H,7H2,1-5H3,(H,16,17). The van der Waals surface area contributed by atoms with Gasteiger partial charge in [0.05, 0.1) is 27.8 Å². The Morgan fingerprint density at radius 3 is 2.15 bits per heavy atom. The zero-order valence-electron chi connectivity index (χ0n) is 12.2. The number of benzene rings is 1. The van der Waals surface area contributed by atoms with E-state index in [0.717, 1.165) is 5.56 Å². The number of hydrogen-bond acceptors (Lipinski definition) is 4. The fraction of sp³-hybridized carbons (Fsp3) is 0.500. The van der Waals surface area contributed by atoms with Crippen molar-refractivity contribution in [2.24, 2.45) is 0 Å². The first-order chi connectivity index (χ1) is 9.28. The highest BCUT2D eigenvalue weighted by Gasteiger charge is 2.31. The van der Waals surface area contributed by atoms with Crippen LogP contribution in [-0.4, -0.2) is 32.4 Å². The van der Waals surface area contributed by atoms with Crippen molar-refractivity contribution in [2.75, 3.05) is 21.3 Å². The van der Waals surface area contributed by atoms with Crippen molar-refractivity contribution in [3.8, 4) is 17.2 Å². The molecule has 0 radical (unpaired) electrons. The molecule has 0 aromatic heterocycles. The van der Waals surface area contributed by atoms with Crippen molar-refractivity contribution in [1.29, 1.82) is 0 Å². The van der Waals surface area contributed by atoms with Gasteiger partial charge in [-0.15, -0.1) is 0 Å². The van der Waals surface area contributed by atoms with Gasteiger partial charge in [0.15, 0.2) is 11.5 Å². The summed E-state index contributed by atoms with van der Waals surface area (Å²) in [6, 6.07) is 1.76. The number of methoxy groups -OCH3 is 3. The van der Waals surface area contributed by atoms with Crippen molar-refractivity contribution >= 4 is 21.9 Å². The number of halogens is 1. The predicted octanol–water partition coefficient (Wildman–Crippen LogP) is 3.23. The third kappa shape index (κ3) is 3.17. The summed E-state index contributed by atoms with van der Waals surface area (Å²) in [5.74, 6) is 0.713. The van der Waals surface area contributed by atoms with E-state index in [1.54, 1.807) is 6.07 Å². The molecular formula is C14H19BrO5. The Bertz CT molecular complexity index is 511. The van der Waals surface area contributed by atoms with E-state index in [1.165, 1.54) is 21.3 Å². The van der Waals surface area contributed by atoms with Crippen molar-refractivity contribution in [1.82, 2.24) is 0 Å². The average Bonchev–Trinajstić information content (AvgIpc) is 2.35. The van der Waals surface area contributed by atoms with E-state index in [4.69, 9.17) is 19.3 Å². The lowest BCUT2D eigenvalue weighted by Gasteiger charge is -2.27. The van der Waals surface area contributed by atoms with Gasteiger partial charge in [0, 0.05) is 11.0 Å². The van der Waals surface area contributed by atoms with E-state index >= 15 is 0 Å². The van der Waals surface area contributed by atoms with Crippen LogP contribution in [0.2, 0.25) is 0 Å². The number of ether oxygens (including phenoxy) is 3. The molecule has 0 atom stereocenters. The van der Waals surface area contributed by atoms with Gasteiger partial charge in [-0.2, -0.15) is 0 Å². The van der Waals surface area contributed by atoms with Gasteiger partial charge in [-0.05, 0) is 22.0 Å². The largest absolute Gasteiger partial charge is 0.495 e. The molecule has 20 heavy (non-hydrogen) atoms. The number of carbonyl (C=O) groups is 1. The van der Waals surface area contributed by atoms with Gasteiger partial charge in [-0.1, -0.05) is 13.8 Å². The second-order valence-corrected chi connectivity index (χ2v) is 5.75. The third-order valence-electron chi connectivity index (χ3n) is 3.09. The minimum atomic E-state index is -0.872. The molecule has 0 saturated heterocycles. The molecule has 0 aliphatic carbocycles. The van der Waals surface area contributed by atoms with E-state index in [0.29, 0.717) is 21.7 Å². The molecule has 0 spiro atoms. The van der Waals surface area contributed by atoms with Gasteiger partial charge >= 0.3 is 5.97 Å². The highest BCUT2D eigenvalue weighted by atomic mass is 79.9. The van der Waals surface area contributed by atoms with Crippen LogP contribution in [-0.2, 0) is 10.2 Å². The highest BCUT2D eigenvalue weighted by molar-refractivity contribution is 9.10. The molecule has 0 fully saturated rings. The van der Waals surface area contributed by atoms with Crippen LogP contribution in [0.5, 0.6) is 17.2 Å². The number of rotatable bonds is 6. The van der Waals surface area contributed by atoms with Gasteiger partial charge in [-0.3, -0.25) is 4.79 Å². The Morgan fingerprint density at radius 2 is 1.75 bits per heavy atom. The van der Waals surface area contributed by atoms with Crippen LogP contribution in [0.4, 0.5) is 0 Å². The smallest absolute Gasteiger partial charge is 0.304 e.